The monoisotopic (exact) mass is 286 g/mol. The van der Waals surface area contributed by atoms with E-state index in [0.717, 1.165) is 35.5 Å². The highest BCUT2D eigenvalue weighted by atomic mass is 16.1. The van der Waals surface area contributed by atoms with Crippen molar-refractivity contribution in [1.29, 1.82) is 0 Å². The fourth-order valence-electron chi connectivity index (χ4n) is 7.08. The molecular formula is C20H30O. The minimum absolute atomic E-state index is 0.209. The Morgan fingerprint density at radius 3 is 2.71 bits per heavy atom. The van der Waals surface area contributed by atoms with Crippen molar-refractivity contribution >= 4 is 6.29 Å². The lowest BCUT2D eigenvalue weighted by molar-refractivity contribution is -0.111. The molecule has 0 aliphatic heterocycles. The minimum Gasteiger partial charge on any atom is -0.298 e. The van der Waals surface area contributed by atoms with E-state index in [4.69, 9.17) is 0 Å². The zero-order valence-electron chi connectivity index (χ0n) is 13.7. The van der Waals surface area contributed by atoms with Crippen LogP contribution in [0.2, 0.25) is 0 Å². The van der Waals surface area contributed by atoms with Crippen LogP contribution in [0, 0.1) is 34.5 Å². The maximum absolute atomic E-state index is 11.5. The molecule has 21 heavy (non-hydrogen) atoms. The molecule has 0 amide bonds. The van der Waals surface area contributed by atoms with Gasteiger partial charge < -0.3 is 0 Å². The van der Waals surface area contributed by atoms with Crippen molar-refractivity contribution in [3.63, 3.8) is 0 Å². The van der Waals surface area contributed by atoms with Crippen LogP contribution in [0.15, 0.2) is 11.6 Å². The summed E-state index contributed by atoms with van der Waals surface area (Å²) >= 11 is 0. The highest BCUT2D eigenvalue weighted by molar-refractivity contribution is 5.76. The van der Waals surface area contributed by atoms with Gasteiger partial charge in [0.05, 0.1) is 0 Å². The topological polar surface area (TPSA) is 17.1 Å². The average molecular weight is 286 g/mol. The van der Waals surface area contributed by atoms with Crippen LogP contribution in [-0.2, 0) is 4.79 Å². The van der Waals surface area contributed by atoms with Gasteiger partial charge in [0, 0.05) is 0 Å². The molecule has 0 heterocycles. The van der Waals surface area contributed by atoms with E-state index in [2.05, 4.69) is 19.9 Å². The van der Waals surface area contributed by atoms with Gasteiger partial charge >= 0.3 is 0 Å². The first-order chi connectivity index (χ1) is 10.1. The fraction of sp³-hybridized carbons (Fsp3) is 0.850. The van der Waals surface area contributed by atoms with E-state index in [9.17, 15) is 4.79 Å². The highest BCUT2D eigenvalue weighted by Gasteiger charge is 2.57. The lowest BCUT2D eigenvalue weighted by Crippen LogP contribution is -2.52. The Bertz CT molecular complexity index is 478. The lowest BCUT2D eigenvalue weighted by atomic mass is 9.45. The van der Waals surface area contributed by atoms with Gasteiger partial charge in [0.25, 0.3) is 0 Å². The summed E-state index contributed by atoms with van der Waals surface area (Å²) in [6.45, 7) is 5.01. The molecule has 0 N–H and O–H groups in total. The van der Waals surface area contributed by atoms with Crippen LogP contribution in [0.3, 0.4) is 0 Å². The quantitative estimate of drug-likeness (QED) is 0.609. The number of fused-ring (bicyclic) bond motifs is 5. The van der Waals surface area contributed by atoms with Crippen LogP contribution in [0.4, 0.5) is 0 Å². The third kappa shape index (κ3) is 1.79. The van der Waals surface area contributed by atoms with Crippen molar-refractivity contribution < 1.29 is 4.79 Å². The molecule has 0 aromatic heterocycles. The van der Waals surface area contributed by atoms with Crippen LogP contribution in [0.25, 0.3) is 0 Å². The number of hydrogen-bond donors (Lipinski definition) is 0. The number of rotatable bonds is 1. The van der Waals surface area contributed by atoms with Gasteiger partial charge in [-0.05, 0) is 85.0 Å². The maximum Gasteiger partial charge on any atom is 0.146 e. The molecule has 0 aromatic rings. The first-order valence-corrected chi connectivity index (χ1v) is 9.25. The molecule has 4 aliphatic rings. The molecule has 0 aromatic carbocycles. The molecule has 3 saturated carbocycles. The number of carbonyl (C=O) groups is 1. The van der Waals surface area contributed by atoms with E-state index in [0.29, 0.717) is 5.41 Å². The Hall–Kier alpha value is -0.590. The molecular weight excluding hydrogens is 256 g/mol. The molecule has 116 valence electrons. The van der Waals surface area contributed by atoms with Crippen molar-refractivity contribution in [2.24, 2.45) is 34.5 Å². The van der Waals surface area contributed by atoms with Gasteiger partial charge in [-0.15, -0.1) is 0 Å². The molecule has 6 atom stereocenters. The standard InChI is InChI=1S/C20H30O/c1-19-11-4-3-5-14(19)6-8-16-17-9-7-15(13-21)20(17,2)12-10-18(16)19/h7,13-14,16-18H,3-6,8-12H2,1-2H3/t14?,16-,17-,18-,19-,20+/m0/s1. The molecule has 3 fully saturated rings. The number of hydrogen-bond acceptors (Lipinski definition) is 1. The van der Waals surface area contributed by atoms with E-state index in [-0.39, 0.29) is 5.41 Å². The van der Waals surface area contributed by atoms with E-state index in [1.54, 1.807) is 0 Å². The predicted molar refractivity (Wildman–Crippen MR) is 85.9 cm³/mol. The summed E-state index contributed by atoms with van der Waals surface area (Å²) in [6.07, 6.45) is 16.0. The summed E-state index contributed by atoms with van der Waals surface area (Å²) in [5.41, 5.74) is 1.95. The van der Waals surface area contributed by atoms with Gasteiger partial charge in [-0.3, -0.25) is 4.79 Å². The molecule has 0 saturated heterocycles. The molecule has 1 heteroatoms. The van der Waals surface area contributed by atoms with Crippen molar-refractivity contribution in [2.45, 2.75) is 71.6 Å². The summed E-state index contributed by atoms with van der Waals surface area (Å²) in [6, 6.07) is 0. The second-order valence-corrected chi connectivity index (χ2v) is 8.87. The predicted octanol–water partition coefficient (Wildman–Crippen LogP) is 5.15. The normalized spacial score (nSPS) is 52.4. The Morgan fingerprint density at radius 1 is 1.05 bits per heavy atom. The molecule has 0 radical (unpaired) electrons. The molecule has 1 unspecified atom stereocenters. The third-order valence-corrected chi connectivity index (χ3v) is 8.35. The molecule has 1 nitrogen and oxygen atoms in total. The van der Waals surface area contributed by atoms with Crippen molar-refractivity contribution in [1.82, 2.24) is 0 Å². The molecule has 4 rings (SSSR count). The van der Waals surface area contributed by atoms with E-state index in [1.807, 2.05) is 0 Å². The maximum atomic E-state index is 11.5. The Morgan fingerprint density at radius 2 is 1.90 bits per heavy atom. The Balaban J connectivity index is 1.65. The smallest absolute Gasteiger partial charge is 0.146 e. The average Bonchev–Trinajstić information content (AvgIpc) is 2.83. The molecule has 4 aliphatic carbocycles. The van der Waals surface area contributed by atoms with E-state index < -0.39 is 0 Å². The van der Waals surface area contributed by atoms with Gasteiger partial charge in [0.2, 0.25) is 0 Å². The van der Waals surface area contributed by atoms with E-state index >= 15 is 0 Å². The first kappa shape index (κ1) is 14.0. The zero-order valence-corrected chi connectivity index (χ0v) is 13.7. The first-order valence-electron chi connectivity index (χ1n) is 9.25. The number of carbonyl (C=O) groups excluding carboxylic acids is 1. The zero-order chi connectivity index (χ0) is 14.7. The van der Waals surface area contributed by atoms with Gasteiger partial charge in [0.1, 0.15) is 6.29 Å². The van der Waals surface area contributed by atoms with Gasteiger partial charge in [-0.1, -0.05) is 32.8 Å². The number of aldehydes is 1. The largest absolute Gasteiger partial charge is 0.298 e. The van der Waals surface area contributed by atoms with Crippen LogP contribution < -0.4 is 0 Å². The van der Waals surface area contributed by atoms with E-state index in [1.165, 1.54) is 57.8 Å². The van der Waals surface area contributed by atoms with Crippen LogP contribution >= 0.6 is 0 Å². The number of allylic oxidation sites excluding steroid dienone is 2. The highest BCUT2D eigenvalue weighted by Crippen LogP contribution is 2.65. The van der Waals surface area contributed by atoms with Crippen molar-refractivity contribution in [2.75, 3.05) is 0 Å². The summed E-state index contributed by atoms with van der Waals surface area (Å²) < 4.78 is 0. The minimum atomic E-state index is 0.209. The van der Waals surface area contributed by atoms with Crippen LogP contribution in [-0.4, -0.2) is 6.29 Å². The van der Waals surface area contributed by atoms with Gasteiger partial charge in [0.15, 0.2) is 0 Å². The fourth-order valence-corrected chi connectivity index (χ4v) is 7.08. The summed E-state index contributed by atoms with van der Waals surface area (Å²) in [4.78, 5) is 11.5. The summed E-state index contributed by atoms with van der Waals surface area (Å²) in [7, 11) is 0. The third-order valence-electron chi connectivity index (χ3n) is 8.35. The van der Waals surface area contributed by atoms with Gasteiger partial charge in [-0.2, -0.15) is 0 Å². The lowest BCUT2D eigenvalue weighted by Gasteiger charge is -2.60. The Labute approximate surface area is 129 Å². The molecule has 0 spiro atoms. The van der Waals surface area contributed by atoms with Crippen LogP contribution in [0.5, 0.6) is 0 Å². The SMILES string of the molecule is C[C@]12CCCCC1CC[C@@H]1[C@@H]2CC[C@]2(C)C(C=O)=CC[C@@H]12. The van der Waals surface area contributed by atoms with Crippen LogP contribution in [0.1, 0.15) is 71.6 Å². The molecule has 0 bridgehead atoms. The second kappa shape index (κ2) is 4.70. The van der Waals surface area contributed by atoms with Gasteiger partial charge in [-0.25, -0.2) is 0 Å². The Kier molecular flexibility index (Phi) is 3.14. The van der Waals surface area contributed by atoms with Crippen molar-refractivity contribution in [3.8, 4) is 0 Å². The summed E-state index contributed by atoms with van der Waals surface area (Å²) in [5.74, 6) is 3.58. The second-order valence-electron chi connectivity index (χ2n) is 8.87. The van der Waals surface area contributed by atoms with Crippen molar-refractivity contribution in [3.05, 3.63) is 11.6 Å². The summed E-state index contributed by atoms with van der Waals surface area (Å²) in [5, 5.41) is 0.